The number of ether oxygens (including phenoxy) is 1. The number of aromatic nitrogens is 1. The molecule has 3 aromatic rings. The van der Waals surface area contributed by atoms with E-state index < -0.39 is 0 Å². The van der Waals surface area contributed by atoms with Crippen molar-refractivity contribution >= 4 is 5.88 Å². The molecule has 5 nitrogen and oxygen atoms in total. The molecular weight excluding hydrogens is 314 g/mol. The second kappa shape index (κ2) is 6.99. The Labute approximate surface area is 146 Å². The Hall–Kier alpha value is -2.79. The highest BCUT2D eigenvalue weighted by atomic mass is 16.5. The molecule has 1 fully saturated rings. The first-order valence-electron chi connectivity index (χ1n) is 8.49. The number of rotatable bonds is 7. The molecule has 0 unspecified atom stereocenters. The van der Waals surface area contributed by atoms with Crippen molar-refractivity contribution in [1.29, 1.82) is 0 Å². The van der Waals surface area contributed by atoms with Crippen LogP contribution in [0.15, 0.2) is 65.2 Å². The molecule has 4 rings (SSSR count). The maximum Gasteiger partial charge on any atom is 0.222 e. The van der Waals surface area contributed by atoms with Crippen molar-refractivity contribution in [2.45, 2.75) is 31.5 Å². The molecule has 128 valence electrons. The largest absolute Gasteiger partial charge is 0.489 e. The summed E-state index contributed by atoms with van der Waals surface area (Å²) in [5, 5.41) is 7.38. The first-order valence-corrected chi connectivity index (χ1v) is 8.49. The van der Waals surface area contributed by atoms with Crippen molar-refractivity contribution in [2.75, 3.05) is 5.73 Å². The maximum absolute atomic E-state index is 5.84. The molecule has 5 heteroatoms. The van der Waals surface area contributed by atoms with E-state index in [2.05, 4.69) is 34.7 Å². The maximum atomic E-state index is 5.84. The van der Waals surface area contributed by atoms with E-state index in [1.165, 1.54) is 11.1 Å². The van der Waals surface area contributed by atoms with Gasteiger partial charge < -0.3 is 20.3 Å². The number of nitrogens with one attached hydrogen (secondary N) is 1. The zero-order valence-corrected chi connectivity index (χ0v) is 13.9. The smallest absolute Gasteiger partial charge is 0.222 e. The van der Waals surface area contributed by atoms with Gasteiger partial charge in [-0.2, -0.15) is 0 Å². The molecule has 1 heterocycles. The first kappa shape index (κ1) is 15.7. The van der Waals surface area contributed by atoms with Gasteiger partial charge in [0.25, 0.3) is 0 Å². The molecule has 0 saturated heterocycles. The van der Waals surface area contributed by atoms with Crippen molar-refractivity contribution in [3.8, 4) is 5.75 Å². The average Bonchev–Trinajstić information content (AvgIpc) is 3.32. The van der Waals surface area contributed by atoms with E-state index in [0.717, 1.165) is 17.9 Å². The van der Waals surface area contributed by atoms with Crippen LogP contribution in [0.25, 0.3) is 0 Å². The van der Waals surface area contributed by atoms with Crippen molar-refractivity contribution in [3.63, 3.8) is 0 Å². The zero-order valence-electron chi connectivity index (χ0n) is 13.9. The number of anilines is 1. The van der Waals surface area contributed by atoms with Crippen LogP contribution in [0.4, 0.5) is 5.88 Å². The molecule has 2 aromatic carbocycles. The molecule has 0 radical (unpaired) electrons. The molecule has 1 saturated carbocycles. The van der Waals surface area contributed by atoms with Crippen LogP contribution >= 0.6 is 0 Å². The van der Waals surface area contributed by atoms with Gasteiger partial charge in [-0.05, 0) is 29.7 Å². The summed E-state index contributed by atoms with van der Waals surface area (Å²) in [7, 11) is 0. The van der Waals surface area contributed by atoms with Crippen LogP contribution in [-0.4, -0.2) is 11.2 Å². The molecule has 2 atom stereocenters. The minimum absolute atomic E-state index is 0.357. The monoisotopic (exact) mass is 335 g/mol. The number of nitrogens with two attached hydrogens (primary N) is 1. The number of nitrogens with zero attached hydrogens (tertiary/aromatic N) is 1. The molecule has 0 aliphatic heterocycles. The molecule has 1 aromatic heterocycles. The molecule has 0 amide bonds. The normalized spacial score (nSPS) is 18.9. The van der Waals surface area contributed by atoms with Gasteiger partial charge in [-0.1, -0.05) is 47.6 Å². The van der Waals surface area contributed by atoms with Gasteiger partial charge in [-0.25, -0.2) is 0 Å². The highest BCUT2D eigenvalue weighted by Gasteiger charge is 2.37. The Morgan fingerprint density at radius 2 is 1.92 bits per heavy atom. The van der Waals surface area contributed by atoms with Crippen molar-refractivity contribution in [2.24, 2.45) is 0 Å². The third-order valence-corrected chi connectivity index (χ3v) is 4.47. The number of hydrogen-bond donors (Lipinski definition) is 2. The lowest BCUT2D eigenvalue weighted by atomic mass is 10.1. The van der Waals surface area contributed by atoms with Gasteiger partial charge in [-0.3, -0.25) is 0 Å². The molecule has 0 spiro atoms. The summed E-state index contributed by atoms with van der Waals surface area (Å²) in [5.41, 5.74) is 8.88. The topological polar surface area (TPSA) is 73.3 Å². The van der Waals surface area contributed by atoms with Crippen LogP contribution in [0, 0.1) is 0 Å². The van der Waals surface area contributed by atoms with Crippen LogP contribution in [0.5, 0.6) is 5.75 Å². The van der Waals surface area contributed by atoms with E-state index in [0.29, 0.717) is 31.0 Å². The standard InChI is InChI=1S/C20H21N3O2/c21-20-10-16(23-25-20)12-22-19-11-18(19)15-6-8-17(9-7-15)24-13-14-4-2-1-3-5-14/h1-10,18-19,22H,11-13,21H2/t18-,19+/m1/s1. The van der Waals surface area contributed by atoms with E-state index in [-0.39, 0.29) is 0 Å². The van der Waals surface area contributed by atoms with E-state index in [9.17, 15) is 0 Å². The van der Waals surface area contributed by atoms with Crippen LogP contribution in [0.2, 0.25) is 0 Å². The quantitative estimate of drug-likeness (QED) is 0.691. The van der Waals surface area contributed by atoms with Gasteiger partial charge in [-0.15, -0.1) is 0 Å². The number of benzene rings is 2. The average molecular weight is 335 g/mol. The summed E-state index contributed by atoms with van der Waals surface area (Å²) in [6, 6.07) is 20.8. The van der Waals surface area contributed by atoms with Crippen LogP contribution in [-0.2, 0) is 13.2 Å². The minimum atomic E-state index is 0.357. The van der Waals surface area contributed by atoms with Crippen molar-refractivity contribution in [3.05, 3.63) is 77.5 Å². The summed E-state index contributed by atoms with van der Waals surface area (Å²) < 4.78 is 10.7. The van der Waals surface area contributed by atoms with Crippen molar-refractivity contribution < 1.29 is 9.26 Å². The highest BCUT2D eigenvalue weighted by Crippen LogP contribution is 2.41. The lowest BCUT2D eigenvalue weighted by molar-refractivity contribution is 0.306. The van der Waals surface area contributed by atoms with Gasteiger partial charge in [0.2, 0.25) is 5.88 Å². The lowest BCUT2D eigenvalue weighted by Crippen LogP contribution is -2.17. The fraction of sp³-hybridized carbons (Fsp3) is 0.250. The Kier molecular flexibility index (Phi) is 4.39. The molecule has 1 aliphatic carbocycles. The van der Waals surface area contributed by atoms with Crippen LogP contribution in [0.3, 0.4) is 0 Å². The molecule has 0 bridgehead atoms. The van der Waals surface area contributed by atoms with Gasteiger partial charge >= 0.3 is 0 Å². The first-order chi connectivity index (χ1) is 12.3. The minimum Gasteiger partial charge on any atom is -0.489 e. The predicted octanol–water partition coefficient (Wildman–Crippen LogP) is 3.48. The number of hydrogen-bond acceptors (Lipinski definition) is 5. The van der Waals surface area contributed by atoms with Crippen LogP contribution < -0.4 is 15.8 Å². The van der Waals surface area contributed by atoms with E-state index in [1.54, 1.807) is 6.07 Å². The summed E-state index contributed by atoms with van der Waals surface area (Å²) in [6.45, 7) is 1.27. The van der Waals surface area contributed by atoms with Gasteiger partial charge in [0.1, 0.15) is 12.4 Å². The summed E-state index contributed by atoms with van der Waals surface area (Å²) >= 11 is 0. The predicted molar refractivity (Wildman–Crippen MR) is 96.1 cm³/mol. The molecular formula is C20H21N3O2. The third kappa shape index (κ3) is 4.00. The van der Waals surface area contributed by atoms with E-state index in [1.807, 2.05) is 30.3 Å². The Bertz CT molecular complexity index is 814. The van der Waals surface area contributed by atoms with Crippen LogP contribution in [0.1, 0.15) is 29.2 Å². The molecule has 3 N–H and O–H groups in total. The van der Waals surface area contributed by atoms with Crippen molar-refractivity contribution in [1.82, 2.24) is 10.5 Å². The molecule has 25 heavy (non-hydrogen) atoms. The number of nitrogen functional groups attached to an aromatic ring is 1. The van der Waals surface area contributed by atoms with Gasteiger partial charge in [0, 0.05) is 24.6 Å². The second-order valence-corrected chi connectivity index (χ2v) is 6.39. The van der Waals surface area contributed by atoms with E-state index in [4.69, 9.17) is 15.0 Å². The fourth-order valence-corrected chi connectivity index (χ4v) is 2.99. The second-order valence-electron chi connectivity index (χ2n) is 6.39. The highest BCUT2D eigenvalue weighted by molar-refractivity contribution is 5.34. The van der Waals surface area contributed by atoms with Gasteiger partial charge in [0.05, 0.1) is 5.69 Å². The van der Waals surface area contributed by atoms with E-state index >= 15 is 0 Å². The Balaban J connectivity index is 1.26. The zero-order chi connectivity index (χ0) is 17.1. The summed E-state index contributed by atoms with van der Waals surface area (Å²) in [4.78, 5) is 0. The Morgan fingerprint density at radius 1 is 1.12 bits per heavy atom. The SMILES string of the molecule is Nc1cc(CN[C@H]2C[C@@H]2c2ccc(OCc3ccccc3)cc2)no1. The molecule has 1 aliphatic rings. The summed E-state index contributed by atoms with van der Waals surface area (Å²) in [5.74, 6) is 1.80. The third-order valence-electron chi connectivity index (χ3n) is 4.47. The lowest BCUT2D eigenvalue weighted by Gasteiger charge is -2.07. The Morgan fingerprint density at radius 3 is 2.64 bits per heavy atom. The fourth-order valence-electron chi connectivity index (χ4n) is 2.99. The summed E-state index contributed by atoms with van der Waals surface area (Å²) in [6.07, 6.45) is 1.14. The van der Waals surface area contributed by atoms with Gasteiger partial charge in [0.15, 0.2) is 0 Å².